The van der Waals surface area contributed by atoms with E-state index in [1.165, 1.54) is 18.4 Å². The second-order valence-corrected chi connectivity index (χ2v) is 7.27. The Morgan fingerprint density at radius 3 is 2.57 bits per heavy atom. The number of halogens is 4. The van der Waals surface area contributed by atoms with Crippen molar-refractivity contribution in [2.75, 3.05) is 20.1 Å². The molecule has 0 N–H and O–H groups in total. The molecular formula is C15H19F4N3S. The van der Waals surface area contributed by atoms with Gasteiger partial charge in [-0.2, -0.15) is 18.3 Å². The first-order chi connectivity index (χ1) is 10.8. The van der Waals surface area contributed by atoms with Crippen molar-refractivity contribution in [1.29, 1.82) is 0 Å². The standard InChI is InChI=1S/C15H19F4N3S/c1-21-14(15(17,18)19)8-12(20-21)13-3-2-11(23-13)9-22-6-4-10(16)5-7-22/h2-3,10,14H,4-9H2,1H3/t14-/m1/s1. The lowest BCUT2D eigenvalue weighted by molar-refractivity contribution is -0.174. The van der Waals surface area contributed by atoms with Gasteiger partial charge in [0.25, 0.3) is 0 Å². The first-order valence-corrected chi connectivity index (χ1v) is 8.47. The first-order valence-electron chi connectivity index (χ1n) is 7.65. The van der Waals surface area contributed by atoms with Gasteiger partial charge in [-0.15, -0.1) is 11.3 Å². The topological polar surface area (TPSA) is 18.8 Å². The van der Waals surface area contributed by atoms with E-state index in [4.69, 9.17) is 0 Å². The minimum absolute atomic E-state index is 0.104. The summed E-state index contributed by atoms with van der Waals surface area (Å²) in [4.78, 5) is 4.06. The molecule has 1 fully saturated rings. The average Bonchev–Trinajstić information content (AvgIpc) is 3.07. The second kappa shape index (κ2) is 6.39. The highest BCUT2D eigenvalue weighted by Crippen LogP contribution is 2.33. The summed E-state index contributed by atoms with van der Waals surface area (Å²) in [5, 5.41) is 5.05. The van der Waals surface area contributed by atoms with Gasteiger partial charge in [0.15, 0.2) is 0 Å². The Bertz CT molecular complexity index is 576. The number of rotatable bonds is 3. The van der Waals surface area contributed by atoms with Gasteiger partial charge in [-0.25, -0.2) is 4.39 Å². The van der Waals surface area contributed by atoms with Crippen molar-refractivity contribution in [3.8, 4) is 0 Å². The van der Waals surface area contributed by atoms with Gasteiger partial charge in [0, 0.05) is 38.0 Å². The highest BCUT2D eigenvalue weighted by atomic mass is 32.1. The second-order valence-electron chi connectivity index (χ2n) is 6.10. The van der Waals surface area contributed by atoms with Crippen LogP contribution in [0, 0.1) is 0 Å². The fourth-order valence-electron chi connectivity index (χ4n) is 2.99. The van der Waals surface area contributed by atoms with Gasteiger partial charge in [-0.1, -0.05) is 0 Å². The predicted molar refractivity (Wildman–Crippen MR) is 82.5 cm³/mol. The molecule has 2 aliphatic rings. The van der Waals surface area contributed by atoms with Crippen LogP contribution in [0.5, 0.6) is 0 Å². The normalized spacial score (nSPS) is 24.3. The van der Waals surface area contributed by atoms with E-state index in [9.17, 15) is 17.6 Å². The molecule has 3 rings (SSSR count). The third kappa shape index (κ3) is 3.85. The van der Waals surface area contributed by atoms with Gasteiger partial charge < -0.3 is 0 Å². The van der Waals surface area contributed by atoms with Crippen LogP contribution in [-0.2, 0) is 6.54 Å². The van der Waals surface area contributed by atoms with Crippen LogP contribution in [0.3, 0.4) is 0 Å². The van der Waals surface area contributed by atoms with E-state index < -0.39 is 18.4 Å². The van der Waals surface area contributed by atoms with Crippen molar-refractivity contribution in [2.45, 2.75) is 44.2 Å². The molecule has 0 saturated carbocycles. The van der Waals surface area contributed by atoms with Gasteiger partial charge in [0.2, 0.25) is 0 Å². The maximum absolute atomic E-state index is 13.1. The molecule has 1 atom stereocenters. The molecule has 0 bridgehead atoms. The van der Waals surface area contributed by atoms with Gasteiger partial charge >= 0.3 is 6.18 Å². The number of hydrazone groups is 1. The van der Waals surface area contributed by atoms with Crippen LogP contribution in [0.25, 0.3) is 0 Å². The fourth-order valence-corrected chi connectivity index (χ4v) is 4.04. The van der Waals surface area contributed by atoms with E-state index >= 15 is 0 Å². The highest BCUT2D eigenvalue weighted by Gasteiger charge is 2.46. The largest absolute Gasteiger partial charge is 0.410 e. The quantitative estimate of drug-likeness (QED) is 0.776. The summed E-state index contributed by atoms with van der Waals surface area (Å²) in [7, 11) is 1.36. The molecule has 3 heterocycles. The Labute approximate surface area is 136 Å². The fraction of sp³-hybridized carbons (Fsp3) is 0.667. The van der Waals surface area contributed by atoms with Crippen LogP contribution >= 0.6 is 11.3 Å². The van der Waals surface area contributed by atoms with Crippen molar-refractivity contribution >= 4 is 17.0 Å². The van der Waals surface area contributed by atoms with E-state index in [-0.39, 0.29) is 6.42 Å². The number of likely N-dealkylation sites (tertiary alicyclic amines) is 1. The van der Waals surface area contributed by atoms with Crippen LogP contribution in [0.4, 0.5) is 17.6 Å². The Hall–Kier alpha value is -1.15. The van der Waals surface area contributed by atoms with Crippen LogP contribution in [0.1, 0.15) is 29.0 Å². The average molecular weight is 349 g/mol. The lowest BCUT2D eigenvalue weighted by atomic mass is 10.1. The minimum atomic E-state index is -4.27. The Morgan fingerprint density at radius 2 is 1.96 bits per heavy atom. The molecule has 0 aliphatic carbocycles. The molecular weight excluding hydrogens is 330 g/mol. The Balaban J connectivity index is 1.63. The zero-order chi connectivity index (χ0) is 16.6. The molecule has 128 valence electrons. The number of hydrogen-bond acceptors (Lipinski definition) is 4. The van der Waals surface area contributed by atoms with Crippen LogP contribution in [0.15, 0.2) is 17.2 Å². The van der Waals surface area contributed by atoms with E-state index in [1.807, 2.05) is 12.1 Å². The summed E-state index contributed by atoms with van der Waals surface area (Å²) in [5.41, 5.74) is 0.494. The lowest BCUT2D eigenvalue weighted by Gasteiger charge is -2.27. The molecule has 8 heteroatoms. The summed E-state index contributed by atoms with van der Waals surface area (Å²) in [6, 6.07) is 2.24. The Morgan fingerprint density at radius 1 is 1.26 bits per heavy atom. The smallest absolute Gasteiger partial charge is 0.298 e. The number of thiophene rings is 1. The molecule has 23 heavy (non-hydrogen) atoms. The molecule has 0 amide bonds. The molecule has 0 aromatic carbocycles. The van der Waals surface area contributed by atoms with Crippen LogP contribution < -0.4 is 0 Å². The zero-order valence-corrected chi connectivity index (χ0v) is 13.6. The summed E-state index contributed by atoms with van der Waals surface area (Å²) in [6.45, 7) is 2.19. The van der Waals surface area contributed by atoms with E-state index in [1.54, 1.807) is 0 Å². The third-order valence-corrected chi connectivity index (χ3v) is 5.46. The molecule has 2 aliphatic heterocycles. The van der Waals surface area contributed by atoms with Gasteiger partial charge in [-0.3, -0.25) is 9.91 Å². The van der Waals surface area contributed by atoms with Crippen molar-refractivity contribution < 1.29 is 17.6 Å². The third-order valence-electron chi connectivity index (χ3n) is 4.34. The monoisotopic (exact) mass is 349 g/mol. The number of hydrogen-bond donors (Lipinski definition) is 0. The minimum Gasteiger partial charge on any atom is -0.298 e. The molecule has 1 aromatic heterocycles. The maximum atomic E-state index is 13.1. The number of nitrogens with zero attached hydrogens (tertiary/aromatic N) is 3. The van der Waals surface area contributed by atoms with Gasteiger partial charge in [-0.05, 0) is 25.0 Å². The zero-order valence-electron chi connectivity index (χ0n) is 12.8. The molecule has 0 spiro atoms. The highest BCUT2D eigenvalue weighted by molar-refractivity contribution is 7.14. The molecule has 0 radical (unpaired) electrons. The molecule has 1 saturated heterocycles. The number of piperidine rings is 1. The predicted octanol–water partition coefficient (Wildman–Crippen LogP) is 3.65. The van der Waals surface area contributed by atoms with E-state index in [0.717, 1.165) is 34.4 Å². The van der Waals surface area contributed by atoms with Crippen molar-refractivity contribution in [1.82, 2.24) is 9.91 Å². The Kier molecular flexibility index (Phi) is 4.64. The molecule has 3 nitrogen and oxygen atoms in total. The van der Waals surface area contributed by atoms with Gasteiger partial charge in [0.1, 0.15) is 12.2 Å². The first kappa shape index (κ1) is 16.7. The SMILES string of the molecule is CN1N=C(c2ccc(CN3CCC(F)CC3)s2)C[C@@H]1C(F)(F)F. The van der Waals surface area contributed by atoms with E-state index in [2.05, 4.69) is 10.0 Å². The van der Waals surface area contributed by atoms with Crippen LogP contribution in [-0.4, -0.2) is 54.1 Å². The molecule has 0 unspecified atom stereocenters. The maximum Gasteiger partial charge on any atom is 0.410 e. The summed E-state index contributed by atoms with van der Waals surface area (Å²) in [5.74, 6) is 0. The molecule has 1 aromatic rings. The number of alkyl halides is 4. The van der Waals surface area contributed by atoms with Crippen molar-refractivity contribution in [3.63, 3.8) is 0 Å². The summed E-state index contributed by atoms with van der Waals surface area (Å²) >= 11 is 1.48. The van der Waals surface area contributed by atoms with Crippen molar-refractivity contribution in [2.24, 2.45) is 5.10 Å². The summed E-state index contributed by atoms with van der Waals surface area (Å²) in [6.07, 6.45) is -3.96. The van der Waals surface area contributed by atoms with Crippen molar-refractivity contribution in [3.05, 3.63) is 21.9 Å². The van der Waals surface area contributed by atoms with Gasteiger partial charge in [0.05, 0.1) is 10.6 Å². The summed E-state index contributed by atoms with van der Waals surface area (Å²) < 4.78 is 51.8. The van der Waals surface area contributed by atoms with Crippen LogP contribution in [0.2, 0.25) is 0 Å². The lowest BCUT2D eigenvalue weighted by Crippen LogP contribution is -2.37. The van der Waals surface area contributed by atoms with E-state index in [0.29, 0.717) is 18.6 Å².